The van der Waals surface area contributed by atoms with Crippen LogP contribution in [0.25, 0.3) is 0 Å². The highest BCUT2D eigenvalue weighted by atomic mass is 32.2. The molecule has 1 aromatic carbocycles. The summed E-state index contributed by atoms with van der Waals surface area (Å²) in [5, 5.41) is 15.2. The molecule has 0 saturated carbocycles. The lowest BCUT2D eigenvalue weighted by atomic mass is 9.99. The van der Waals surface area contributed by atoms with Crippen LogP contribution in [0, 0.1) is 0 Å². The predicted molar refractivity (Wildman–Crippen MR) is 54.3 cm³/mol. The van der Waals surface area contributed by atoms with Gasteiger partial charge in [-0.05, 0) is 25.2 Å². The van der Waals surface area contributed by atoms with Gasteiger partial charge in [-0.25, -0.2) is 0 Å². The van der Waals surface area contributed by atoms with E-state index in [2.05, 4.69) is 18.4 Å². The van der Waals surface area contributed by atoms with Crippen molar-refractivity contribution in [1.82, 2.24) is 0 Å². The van der Waals surface area contributed by atoms with Gasteiger partial charge in [0.2, 0.25) is 0 Å². The number of thioether (sulfide) groups is 1. The van der Waals surface area contributed by atoms with E-state index in [9.17, 15) is 0 Å². The van der Waals surface area contributed by atoms with Gasteiger partial charge in [-0.15, -0.1) is 11.8 Å². The molecule has 2 N–H and O–H groups in total. The fourth-order valence-corrected chi connectivity index (χ4v) is 0.986. The van der Waals surface area contributed by atoms with Gasteiger partial charge < -0.3 is 10.0 Å². The van der Waals surface area contributed by atoms with Gasteiger partial charge in [0.1, 0.15) is 0 Å². The molecule has 12 heavy (non-hydrogen) atoms. The fraction of sp³-hybridized carbons (Fsp3) is 0.250. The molecule has 1 rings (SSSR count). The molecular weight excluding hydrogens is 171 g/mol. The van der Waals surface area contributed by atoms with Crippen molar-refractivity contribution in [3.05, 3.63) is 30.3 Å². The molecule has 2 nitrogen and oxygen atoms in total. The second kappa shape index (κ2) is 7.22. The Balaban J connectivity index is 0.000000261. The third-order valence-corrected chi connectivity index (χ3v) is 1.72. The van der Waals surface area contributed by atoms with Crippen molar-refractivity contribution in [2.24, 2.45) is 0 Å². The number of rotatable bonds is 1. The van der Waals surface area contributed by atoms with Crippen LogP contribution in [0.4, 0.5) is 0 Å². The zero-order valence-corrected chi connectivity index (χ0v) is 8.08. The molecule has 1 aromatic rings. The Hall–Kier alpha value is -0.445. The summed E-state index contributed by atoms with van der Waals surface area (Å²) >= 11 is 1.77. The van der Waals surface area contributed by atoms with E-state index in [1.54, 1.807) is 11.8 Å². The molecule has 0 aliphatic heterocycles. The topological polar surface area (TPSA) is 40.5 Å². The third-order valence-electron chi connectivity index (χ3n) is 0.979. The van der Waals surface area contributed by atoms with E-state index >= 15 is 0 Å². The van der Waals surface area contributed by atoms with Crippen molar-refractivity contribution < 1.29 is 10.0 Å². The summed E-state index contributed by atoms with van der Waals surface area (Å²) < 4.78 is 0. The van der Waals surface area contributed by atoms with Crippen LogP contribution in [-0.2, 0) is 0 Å². The lowest BCUT2D eigenvalue weighted by Crippen LogP contribution is -2.00. The average Bonchev–Trinajstić information content (AvgIpc) is 2.05. The van der Waals surface area contributed by atoms with E-state index in [1.165, 1.54) is 11.7 Å². The summed E-state index contributed by atoms with van der Waals surface area (Å²) in [6.07, 6.45) is 2.08. The zero-order chi connectivity index (χ0) is 9.40. The first kappa shape index (κ1) is 11.6. The van der Waals surface area contributed by atoms with E-state index in [1.807, 2.05) is 18.2 Å². The van der Waals surface area contributed by atoms with Crippen LogP contribution in [0.5, 0.6) is 0 Å². The third kappa shape index (κ3) is 7.66. The largest absolute Gasteiger partial charge is 0.448 e. The van der Waals surface area contributed by atoms with Gasteiger partial charge in [-0.1, -0.05) is 18.2 Å². The molecule has 66 valence electrons. The van der Waals surface area contributed by atoms with Crippen molar-refractivity contribution in [1.29, 1.82) is 0 Å². The summed E-state index contributed by atoms with van der Waals surface area (Å²) in [4.78, 5) is 1.33. The highest BCUT2D eigenvalue weighted by Gasteiger charge is 1.86. The van der Waals surface area contributed by atoms with Gasteiger partial charge in [0.25, 0.3) is 0 Å². The van der Waals surface area contributed by atoms with Gasteiger partial charge >= 0.3 is 7.12 Å². The molecule has 0 bridgehead atoms. The SMILES string of the molecule is CB(O)O.CSc1ccccc1. The number of hydrogen-bond donors (Lipinski definition) is 2. The van der Waals surface area contributed by atoms with Crippen LogP contribution in [0.15, 0.2) is 35.2 Å². The summed E-state index contributed by atoms with van der Waals surface area (Å²) in [7, 11) is -1.17. The molecule has 0 unspecified atom stereocenters. The first-order valence-corrected chi connectivity index (χ1v) is 4.84. The maximum absolute atomic E-state index is 7.61. The molecule has 0 aromatic heterocycles. The maximum Gasteiger partial charge on any atom is 0.448 e. The Bertz CT molecular complexity index is 189. The molecule has 0 atom stereocenters. The highest BCUT2D eigenvalue weighted by Crippen LogP contribution is 2.11. The van der Waals surface area contributed by atoms with E-state index < -0.39 is 7.12 Å². The van der Waals surface area contributed by atoms with Gasteiger partial charge in [0.15, 0.2) is 0 Å². The van der Waals surface area contributed by atoms with Gasteiger partial charge in [-0.2, -0.15) is 0 Å². The van der Waals surface area contributed by atoms with Crippen molar-refractivity contribution >= 4 is 18.9 Å². The lowest BCUT2D eigenvalue weighted by Gasteiger charge is -1.89. The molecule has 0 fully saturated rings. The van der Waals surface area contributed by atoms with E-state index in [-0.39, 0.29) is 0 Å². The molecule has 4 heteroatoms. The van der Waals surface area contributed by atoms with Gasteiger partial charge in [0.05, 0.1) is 0 Å². The minimum atomic E-state index is -1.17. The van der Waals surface area contributed by atoms with Gasteiger partial charge in [-0.3, -0.25) is 0 Å². The Labute approximate surface area is 77.8 Å². The van der Waals surface area contributed by atoms with Crippen LogP contribution in [0.3, 0.4) is 0 Å². The van der Waals surface area contributed by atoms with Crippen molar-refractivity contribution in [2.75, 3.05) is 6.26 Å². The standard InChI is InChI=1S/C7H8S.CH5BO2/c1-8-7-5-3-2-4-6-7;1-2(3)4/h2-6H,1H3;3-4H,1H3. The van der Waals surface area contributed by atoms with Gasteiger partial charge in [0, 0.05) is 4.90 Å². The molecule has 0 radical (unpaired) electrons. The van der Waals surface area contributed by atoms with Crippen LogP contribution >= 0.6 is 11.8 Å². The van der Waals surface area contributed by atoms with Crippen LogP contribution in [0.1, 0.15) is 0 Å². The fourth-order valence-electron chi connectivity index (χ4n) is 0.557. The zero-order valence-electron chi connectivity index (χ0n) is 7.27. The van der Waals surface area contributed by atoms with Crippen LogP contribution in [-0.4, -0.2) is 23.4 Å². The molecule has 0 aliphatic carbocycles. The second-order valence-corrected chi connectivity index (χ2v) is 3.03. The molecule has 0 aliphatic rings. The molecule has 0 amide bonds. The highest BCUT2D eigenvalue weighted by molar-refractivity contribution is 7.98. The Morgan fingerprint density at radius 1 is 1.17 bits per heavy atom. The Morgan fingerprint density at radius 2 is 1.58 bits per heavy atom. The van der Waals surface area contributed by atoms with Crippen molar-refractivity contribution in [2.45, 2.75) is 11.7 Å². The summed E-state index contributed by atoms with van der Waals surface area (Å²) in [5.41, 5.74) is 0. The van der Waals surface area contributed by atoms with E-state index in [4.69, 9.17) is 10.0 Å². The quantitative estimate of drug-likeness (QED) is 0.513. The first-order valence-electron chi connectivity index (χ1n) is 3.62. The molecule has 0 saturated heterocycles. The first-order chi connectivity index (χ1) is 5.66. The van der Waals surface area contributed by atoms with Crippen molar-refractivity contribution in [3.63, 3.8) is 0 Å². The molecule has 0 heterocycles. The summed E-state index contributed by atoms with van der Waals surface area (Å²) in [6.45, 7) is 1.28. The van der Waals surface area contributed by atoms with Crippen LogP contribution < -0.4 is 0 Å². The molecule has 0 spiro atoms. The minimum absolute atomic E-state index is 1.17. The minimum Gasteiger partial charge on any atom is -0.427 e. The normalized spacial score (nSPS) is 8.33. The second-order valence-electron chi connectivity index (χ2n) is 2.15. The number of benzene rings is 1. The molecular formula is C8H13BO2S. The average molecular weight is 184 g/mol. The van der Waals surface area contributed by atoms with E-state index in [0.29, 0.717) is 0 Å². The van der Waals surface area contributed by atoms with Crippen molar-refractivity contribution in [3.8, 4) is 0 Å². The summed E-state index contributed by atoms with van der Waals surface area (Å²) in [5.74, 6) is 0. The maximum atomic E-state index is 7.61. The van der Waals surface area contributed by atoms with E-state index in [0.717, 1.165) is 0 Å². The number of hydrogen-bond acceptors (Lipinski definition) is 3. The Morgan fingerprint density at radius 3 is 1.83 bits per heavy atom. The smallest absolute Gasteiger partial charge is 0.427 e. The lowest BCUT2D eigenvalue weighted by molar-refractivity contribution is 0.417. The summed E-state index contributed by atoms with van der Waals surface area (Å²) in [6, 6.07) is 10.3. The Kier molecular flexibility index (Phi) is 6.95. The monoisotopic (exact) mass is 184 g/mol. The van der Waals surface area contributed by atoms with Crippen LogP contribution in [0.2, 0.25) is 6.82 Å². The predicted octanol–water partition coefficient (Wildman–Crippen LogP) is 1.50.